The summed E-state index contributed by atoms with van der Waals surface area (Å²) < 4.78 is 69.7. The molecule has 1 aromatic carbocycles. The van der Waals surface area contributed by atoms with Crippen molar-refractivity contribution in [3.8, 4) is 0 Å². The Labute approximate surface area is 211 Å². The lowest BCUT2D eigenvalue weighted by atomic mass is 9.99. The van der Waals surface area contributed by atoms with Gasteiger partial charge in [-0.05, 0) is 42.9 Å². The van der Waals surface area contributed by atoms with E-state index in [2.05, 4.69) is 20.4 Å². The second-order valence-corrected chi connectivity index (χ2v) is 11.2. The zero-order chi connectivity index (χ0) is 26.5. The zero-order valence-electron chi connectivity index (χ0n) is 20.0. The van der Waals surface area contributed by atoms with Gasteiger partial charge < -0.3 is 9.64 Å². The smallest absolute Gasteiger partial charge is 0.460 e. The molecule has 198 valence electrons. The number of hydrogen-bond donors (Lipinski definition) is 1. The third kappa shape index (κ3) is 6.90. The molecule has 0 bridgehead atoms. The predicted molar refractivity (Wildman–Crippen MR) is 130 cm³/mol. The molecule has 0 radical (unpaired) electrons. The largest absolute Gasteiger partial charge is 0.516 e. The number of aryl methyl sites for hydroxylation is 1. The van der Waals surface area contributed by atoms with Gasteiger partial charge in [-0.3, -0.25) is 4.72 Å². The van der Waals surface area contributed by atoms with Crippen LogP contribution in [0, 0.1) is 5.92 Å². The quantitative estimate of drug-likeness (QED) is 0.233. The summed E-state index contributed by atoms with van der Waals surface area (Å²) in [5.41, 5.74) is -4.55. The Balaban J connectivity index is 1.94. The lowest BCUT2D eigenvalue weighted by Gasteiger charge is -2.33. The molecule has 0 saturated heterocycles. The highest BCUT2D eigenvalue weighted by Gasteiger charge is 2.46. The Morgan fingerprint density at radius 1 is 1.28 bits per heavy atom. The molecule has 3 rings (SSSR count). The van der Waals surface area contributed by atoms with Gasteiger partial charge in [0.25, 0.3) is 5.13 Å². The van der Waals surface area contributed by atoms with Crippen LogP contribution in [0.2, 0.25) is 0 Å². The number of carbonyl (C=O) groups is 1. The molecule has 0 atom stereocenters. The van der Waals surface area contributed by atoms with Crippen LogP contribution in [0.3, 0.4) is 0 Å². The number of anilines is 2. The number of nitrogens with zero attached hydrogens (tertiary/aromatic N) is 5. The van der Waals surface area contributed by atoms with Crippen LogP contribution in [-0.4, -0.2) is 49.8 Å². The van der Waals surface area contributed by atoms with Gasteiger partial charge in [0.2, 0.25) is 5.01 Å². The summed E-state index contributed by atoms with van der Waals surface area (Å²) in [6.45, 7) is 7.56. The summed E-state index contributed by atoms with van der Waals surface area (Å²) in [7, 11) is -5.70. The number of nitrogens with one attached hydrogen (secondary N) is 1. The number of aromatic nitrogens is 2. The van der Waals surface area contributed by atoms with Gasteiger partial charge in [-0.2, -0.15) is 21.6 Å². The predicted octanol–water partition coefficient (Wildman–Crippen LogP) is 5.58. The monoisotopic (exact) mass is 548 g/mol. The number of benzene rings is 1. The first kappa shape index (κ1) is 27.8. The molecule has 0 fully saturated rings. The standard InChI is InChI=1S/C21H27F3N6O4S2/c1-4-5-9-34-19(31)18-26-28-20(35-18)27-25-15-10-14-7-6-8-30(12-13(2)3)17(14)11-16(15)29-36(32,33)21(22,23)24/h10-11,13,29H,4-9,12H2,1-3H3. The minimum atomic E-state index is -5.70. The molecule has 2 aromatic rings. The number of azo groups is 1. The molecule has 2 heterocycles. The highest BCUT2D eigenvalue weighted by molar-refractivity contribution is 7.93. The molecule has 1 N–H and O–H groups in total. The zero-order valence-corrected chi connectivity index (χ0v) is 21.6. The van der Waals surface area contributed by atoms with Crippen LogP contribution in [0.15, 0.2) is 22.4 Å². The van der Waals surface area contributed by atoms with Crippen LogP contribution in [0.4, 0.5) is 35.4 Å². The van der Waals surface area contributed by atoms with Crippen molar-refractivity contribution in [2.24, 2.45) is 16.1 Å². The van der Waals surface area contributed by atoms with Crippen LogP contribution in [0.25, 0.3) is 0 Å². The lowest BCUT2D eigenvalue weighted by molar-refractivity contribution is -0.0429. The van der Waals surface area contributed by atoms with Crippen molar-refractivity contribution in [2.75, 3.05) is 29.3 Å². The maximum atomic E-state index is 13.1. The molecule has 0 amide bonds. The average molecular weight is 549 g/mol. The molecule has 1 aliphatic heterocycles. The fourth-order valence-corrected chi connectivity index (χ4v) is 4.63. The molecular formula is C21H27F3N6O4S2. The highest BCUT2D eigenvalue weighted by Crippen LogP contribution is 2.40. The summed E-state index contributed by atoms with van der Waals surface area (Å²) in [5, 5.41) is 15.2. The molecule has 1 aromatic heterocycles. The Kier molecular flexibility index (Phi) is 8.87. The molecule has 0 unspecified atom stereocenters. The van der Waals surface area contributed by atoms with Gasteiger partial charge in [-0.25, -0.2) is 4.79 Å². The fraction of sp³-hybridized carbons (Fsp3) is 0.571. The van der Waals surface area contributed by atoms with Crippen LogP contribution < -0.4 is 9.62 Å². The number of carbonyl (C=O) groups excluding carboxylic acids is 1. The lowest BCUT2D eigenvalue weighted by Crippen LogP contribution is -2.33. The average Bonchev–Trinajstić information content (AvgIpc) is 3.26. The van der Waals surface area contributed by atoms with E-state index in [0.717, 1.165) is 29.7 Å². The van der Waals surface area contributed by atoms with Gasteiger partial charge >= 0.3 is 21.5 Å². The third-order valence-corrected chi connectivity index (χ3v) is 7.00. The summed E-state index contributed by atoms with van der Waals surface area (Å²) in [5.74, 6) is -0.383. The molecule has 0 spiro atoms. The molecule has 10 nitrogen and oxygen atoms in total. The van der Waals surface area contributed by atoms with Gasteiger partial charge in [0.05, 0.1) is 12.3 Å². The minimum Gasteiger partial charge on any atom is -0.460 e. The fourth-order valence-electron chi connectivity index (χ4n) is 3.50. The number of rotatable bonds is 10. The van der Waals surface area contributed by atoms with Crippen molar-refractivity contribution in [3.05, 3.63) is 22.7 Å². The maximum Gasteiger partial charge on any atom is 0.516 e. The van der Waals surface area contributed by atoms with Crippen molar-refractivity contribution < 1.29 is 31.1 Å². The third-order valence-electron chi connectivity index (χ3n) is 5.11. The van der Waals surface area contributed by atoms with Gasteiger partial charge in [0, 0.05) is 18.8 Å². The molecular weight excluding hydrogens is 521 g/mol. The van der Waals surface area contributed by atoms with Gasteiger partial charge in [-0.1, -0.05) is 38.5 Å². The Bertz CT molecular complexity index is 1210. The summed E-state index contributed by atoms with van der Waals surface area (Å²) in [6.07, 6.45) is 3.01. The first-order chi connectivity index (χ1) is 16.9. The summed E-state index contributed by atoms with van der Waals surface area (Å²) in [6, 6.07) is 2.87. The number of fused-ring (bicyclic) bond motifs is 1. The van der Waals surface area contributed by atoms with Crippen LogP contribution >= 0.6 is 11.3 Å². The van der Waals surface area contributed by atoms with E-state index in [0.29, 0.717) is 31.6 Å². The Hall–Kier alpha value is -2.81. The topological polar surface area (TPSA) is 126 Å². The van der Waals surface area contributed by atoms with E-state index < -0.39 is 21.5 Å². The summed E-state index contributed by atoms with van der Waals surface area (Å²) in [4.78, 5) is 14.0. The van der Waals surface area contributed by atoms with Crippen LogP contribution in [0.1, 0.15) is 55.4 Å². The number of ether oxygens (including phenoxy) is 1. The number of esters is 1. The van der Waals surface area contributed by atoms with Crippen LogP contribution in [0.5, 0.6) is 0 Å². The number of hydrogen-bond acceptors (Lipinski definition) is 10. The summed E-state index contributed by atoms with van der Waals surface area (Å²) >= 11 is 0.793. The van der Waals surface area contributed by atoms with E-state index >= 15 is 0 Å². The van der Waals surface area contributed by atoms with Crippen molar-refractivity contribution in [1.82, 2.24) is 10.2 Å². The van der Waals surface area contributed by atoms with E-state index in [4.69, 9.17) is 4.74 Å². The second kappa shape index (κ2) is 11.5. The Morgan fingerprint density at radius 2 is 2.03 bits per heavy atom. The molecule has 15 heteroatoms. The van der Waals surface area contributed by atoms with E-state index in [9.17, 15) is 26.4 Å². The second-order valence-electron chi connectivity index (χ2n) is 8.57. The molecule has 0 saturated carbocycles. The highest BCUT2D eigenvalue weighted by atomic mass is 32.2. The van der Waals surface area contributed by atoms with Crippen molar-refractivity contribution in [2.45, 2.75) is 52.0 Å². The molecule has 0 aliphatic carbocycles. The normalized spacial score (nSPS) is 14.4. The van der Waals surface area contributed by atoms with Gasteiger partial charge in [0.15, 0.2) is 0 Å². The van der Waals surface area contributed by atoms with Crippen molar-refractivity contribution in [3.63, 3.8) is 0 Å². The van der Waals surface area contributed by atoms with Crippen molar-refractivity contribution >= 4 is 49.5 Å². The number of unbranched alkanes of at least 4 members (excludes halogenated alkanes) is 1. The number of sulfonamides is 1. The SMILES string of the molecule is CCCCOC(=O)c1nnc(N=Nc2cc3c(cc2NS(=O)(=O)C(F)(F)F)N(CC(C)C)CCC3)s1. The van der Waals surface area contributed by atoms with Gasteiger partial charge in [-0.15, -0.1) is 20.4 Å². The number of alkyl halides is 3. The Morgan fingerprint density at radius 3 is 2.69 bits per heavy atom. The molecule has 1 aliphatic rings. The maximum absolute atomic E-state index is 13.1. The van der Waals surface area contributed by atoms with Crippen LogP contribution in [-0.2, 0) is 21.2 Å². The van der Waals surface area contributed by atoms with Crippen molar-refractivity contribution in [1.29, 1.82) is 0 Å². The minimum absolute atomic E-state index is 0.0405. The van der Waals surface area contributed by atoms with Gasteiger partial charge in [0.1, 0.15) is 5.69 Å². The van der Waals surface area contributed by atoms with E-state index in [-0.39, 0.29) is 34.0 Å². The molecule has 36 heavy (non-hydrogen) atoms. The first-order valence-corrected chi connectivity index (χ1v) is 13.6. The van der Waals surface area contributed by atoms with E-state index in [1.54, 1.807) is 4.72 Å². The van der Waals surface area contributed by atoms with E-state index in [1.165, 1.54) is 12.1 Å². The number of halogens is 3. The van der Waals surface area contributed by atoms with E-state index in [1.807, 2.05) is 25.7 Å². The first-order valence-electron chi connectivity index (χ1n) is 11.3.